The Morgan fingerprint density at radius 3 is 2.70 bits per heavy atom. The molecule has 0 radical (unpaired) electrons. The van der Waals surface area contributed by atoms with Crippen molar-refractivity contribution in [3.05, 3.63) is 87.3 Å². The number of carboxylic acids is 1. The van der Waals surface area contributed by atoms with Crippen molar-refractivity contribution in [2.75, 3.05) is 39.5 Å². The van der Waals surface area contributed by atoms with E-state index in [1.54, 1.807) is 12.1 Å². The quantitative estimate of drug-likeness (QED) is 0.256. The minimum Gasteiger partial charge on any atom is -0.478 e. The van der Waals surface area contributed by atoms with Gasteiger partial charge in [0.05, 0.1) is 67.9 Å². The van der Waals surface area contributed by atoms with Crippen LogP contribution in [0.1, 0.15) is 63.2 Å². The number of likely N-dealkylation sites (tertiary alicyclic amines) is 1. The third-order valence-electron chi connectivity index (χ3n) is 9.93. The molecular weight excluding hydrogens is 608 g/mol. The molecule has 4 aromatic rings. The molecule has 2 aromatic carbocycles. The monoisotopic (exact) mass is 644 g/mol. The lowest BCUT2D eigenvalue weighted by Crippen LogP contribution is -2.41. The van der Waals surface area contributed by atoms with Crippen LogP contribution >= 0.6 is 11.6 Å². The van der Waals surface area contributed by atoms with Gasteiger partial charge in [0.25, 0.3) is 0 Å². The summed E-state index contributed by atoms with van der Waals surface area (Å²) in [6.45, 7) is 6.91. The number of hydrogen-bond acceptors (Lipinski definition) is 8. The van der Waals surface area contributed by atoms with E-state index in [1.165, 1.54) is 5.56 Å². The Kier molecular flexibility index (Phi) is 8.16. The summed E-state index contributed by atoms with van der Waals surface area (Å²) in [6, 6.07) is 15.4. The highest BCUT2D eigenvalue weighted by Crippen LogP contribution is 2.38. The fraction of sp³-hybridized carbons (Fsp3) is 0.457. The van der Waals surface area contributed by atoms with Crippen molar-refractivity contribution in [1.82, 2.24) is 19.4 Å². The van der Waals surface area contributed by atoms with Gasteiger partial charge in [-0.3, -0.25) is 4.90 Å². The van der Waals surface area contributed by atoms with E-state index in [9.17, 15) is 9.90 Å². The van der Waals surface area contributed by atoms with Crippen LogP contribution in [0, 0.1) is 5.92 Å². The van der Waals surface area contributed by atoms with E-state index >= 15 is 0 Å². The maximum atomic E-state index is 11.7. The van der Waals surface area contributed by atoms with Crippen molar-refractivity contribution in [3.8, 4) is 5.88 Å². The number of pyridine rings is 1. The topological polar surface area (TPSA) is 108 Å². The van der Waals surface area contributed by atoms with Gasteiger partial charge in [0.1, 0.15) is 12.4 Å². The summed E-state index contributed by atoms with van der Waals surface area (Å²) in [6.07, 6.45) is 2.07. The minimum absolute atomic E-state index is 0.127. The number of rotatable bonds is 9. The van der Waals surface area contributed by atoms with E-state index in [1.807, 2.05) is 24.3 Å². The molecule has 3 atom stereocenters. The fourth-order valence-electron chi connectivity index (χ4n) is 7.09. The Hall–Kier alpha value is -3.54. The molecule has 0 bridgehead atoms. The zero-order valence-electron chi connectivity index (χ0n) is 25.6. The molecule has 4 aliphatic heterocycles. The molecule has 3 fully saturated rings. The number of hydrogen-bond donors (Lipinski definition) is 1. The van der Waals surface area contributed by atoms with Gasteiger partial charge in [-0.15, -0.1) is 0 Å². The number of imidazole rings is 1. The van der Waals surface area contributed by atoms with Gasteiger partial charge in [-0.25, -0.2) is 14.8 Å². The van der Waals surface area contributed by atoms with Gasteiger partial charge in [0, 0.05) is 47.6 Å². The van der Waals surface area contributed by atoms with Crippen LogP contribution in [0.4, 0.5) is 0 Å². The molecule has 10 nitrogen and oxygen atoms in total. The first kappa shape index (κ1) is 29.8. The van der Waals surface area contributed by atoms with Crippen molar-refractivity contribution < 1.29 is 28.8 Å². The predicted octanol–water partition coefficient (Wildman–Crippen LogP) is 5.40. The third kappa shape index (κ3) is 5.89. The summed E-state index contributed by atoms with van der Waals surface area (Å²) in [7, 11) is 0. The molecule has 0 unspecified atom stereocenters. The lowest BCUT2D eigenvalue weighted by Gasteiger charge is -2.37. The second-order valence-corrected chi connectivity index (χ2v) is 13.3. The van der Waals surface area contributed by atoms with Gasteiger partial charge >= 0.3 is 5.97 Å². The van der Waals surface area contributed by atoms with Crippen LogP contribution in [0.25, 0.3) is 11.0 Å². The van der Waals surface area contributed by atoms with E-state index < -0.39 is 5.97 Å². The summed E-state index contributed by atoms with van der Waals surface area (Å²) >= 11 is 6.61. The number of nitrogens with zero attached hydrogens (tertiary/aromatic N) is 4. The van der Waals surface area contributed by atoms with Crippen molar-refractivity contribution in [1.29, 1.82) is 0 Å². The number of carbonyl (C=O) groups is 1. The number of halogens is 1. The zero-order chi connectivity index (χ0) is 31.2. The molecule has 0 spiro atoms. The molecular formula is C35H37ClN4O6. The Balaban J connectivity index is 0.973. The SMILES string of the molecule is O=C(O)c1ccc2nc(CN3CC[C@@H]4c5nc(OCc6ccc(C7COC7)cc6Cl)ccc5COC[C@@H]4C3)n(C[C@@H]3CCO3)c2c1. The lowest BCUT2D eigenvalue weighted by atomic mass is 9.82. The first-order valence-corrected chi connectivity index (χ1v) is 16.5. The third-order valence-corrected chi connectivity index (χ3v) is 10.3. The number of benzene rings is 2. The Morgan fingerprint density at radius 2 is 1.93 bits per heavy atom. The number of carboxylic acid groups (broad SMARTS) is 1. The van der Waals surface area contributed by atoms with E-state index in [4.69, 9.17) is 40.5 Å². The average Bonchev–Trinajstić information content (AvgIpc) is 3.22. The van der Waals surface area contributed by atoms with Crippen LogP contribution < -0.4 is 4.74 Å². The maximum Gasteiger partial charge on any atom is 0.335 e. The van der Waals surface area contributed by atoms with Crippen molar-refractivity contribution in [2.24, 2.45) is 5.92 Å². The summed E-state index contributed by atoms with van der Waals surface area (Å²) in [5.74, 6) is 1.57. The molecule has 3 saturated heterocycles. The fourth-order valence-corrected chi connectivity index (χ4v) is 7.33. The van der Waals surface area contributed by atoms with E-state index in [2.05, 4.69) is 21.6 Å². The minimum atomic E-state index is -0.938. The number of fused-ring (bicyclic) bond motifs is 4. The smallest absolute Gasteiger partial charge is 0.335 e. The van der Waals surface area contributed by atoms with Crippen LogP contribution in [0.3, 0.4) is 0 Å². The van der Waals surface area contributed by atoms with Gasteiger partial charge in [0.2, 0.25) is 5.88 Å². The summed E-state index contributed by atoms with van der Waals surface area (Å²) in [5, 5.41) is 10.3. The van der Waals surface area contributed by atoms with Gasteiger partial charge in [-0.1, -0.05) is 23.7 Å². The van der Waals surface area contributed by atoms with Crippen LogP contribution in [0.5, 0.6) is 5.88 Å². The standard InChI is InChI=1S/C35H37ClN4O6/c36-29-11-21(26-18-44-19-26)1-2-23(29)20-46-33-6-4-24-16-43-17-25-13-39(9-7-28(25)34(24)38-33)15-32-37-30-5-3-22(35(41)42)12-31(30)40(32)14-27-8-10-45-27/h1-6,11-12,25-28H,7-10,13-20H2,(H,41,42)/t25-,27-,28-/m0/s1. The number of ether oxygens (including phenoxy) is 4. The molecule has 8 rings (SSSR count). The largest absolute Gasteiger partial charge is 0.478 e. The highest BCUT2D eigenvalue weighted by atomic mass is 35.5. The molecule has 4 aliphatic rings. The molecule has 0 aliphatic carbocycles. The molecule has 11 heteroatoms. The molecule has 0 saturated carbocycles. The highest BCUT2D eigenvalue weighted by molar-refractivity contribution is 6.31. The Morgan fingerprint density at radius 1 is 1.04 bits per heavy atom. The second-order valence-electron chi connectivity index (χ2n) is 12.9. The van der Waals surface area contributed by atoms with Gasteiger partial charge in [0.15, 0.2) is 0 Å². The van der Waals surface area contributed by atoms with E-state index in [0.717, 1.165) is 79.4 Å². The zero-order valence-corrected chi connectivity index (χ0v) is 26.3. The maximum absolute atomic E-state index is 11.7. The molecule has 240 valence electrons. The van der Waals surface area contributed by atoms with E-state index in [-0.39, 0.29) is 23.5 Å². The summed E-state index contributed by atoms with van der Waals surface area (Å²) in [5.41, 5.74) is 6.25. The predicted molar refractivity (Wildman–Crippen MR) is 170 cm³/mol. The first-order valence-electron chi connectivity index (χ1n) is 16.1. The molecule has 46 heavy (non-hydrogen) atoms. The van der Waals surface area contributed by atoms with Crippen LogP contribution in [-0.2, 0) is 40.5 Å². The second kappa shape index (κ2) is 12.6. The highest BCUT2D eigenvalue weighted by Gasteiger charge is 2.36. The number of piperidine rings is 1. The van der Waals surface area contributed by atoms with Gasteiger partial charge in [-0.2, -0.15) is 0 Å². The lowest BCUT2D eigenvalue weighted by molar-refractivity contribution is -0.0592. The summed E-state index contributed by atoms with van der Waals surface area (Å²) < 4.78 is 25.6. The molecule has 0 amide bonds. The van der Waals surface area contributed by atoms with Crippen molar-refractivity contribution >= 4 is 28.6 Å². The first-order chi connectivity index (χ1) is 22.5. The number of aromatic nitrogens is 3. The Labute approximate surface area is 272 Å². The van der Waals surface area contributed by atoms with Crippen LogP contribution in [0.2, 0.25) is 5.02 Å². The Bertz CT molecular complexity index is 1770. The van der Waals surface area contributed by atoms with Crippen LogP contribution in [-0.4, -0.2) is 76.1 Å². The van der Waals surface area contributed by atoms with Crippen molar-refractivity contribution in [2.45, 2.75) is 57.1 Å². The van der Waals surface area contributed by atoms with Crippen molar-refractivity contribution in [3.63, 3.8) is 0 Å². The van der Waals surface area contributed by atoms with E-state index in [0.29, 0.717) is 49.7 Å². The van der Waals surface area contributed by atoms with Gasteiger partial charge < -0.3 is 28.6 Å². The van der Waals surface area contributed by atoms with Gasteiger partial charge in [-0.05, 0) is 60.8 Å². The average molecular weight is 645 g/mol. The van der Waals surface area contributed by atoms with Crippen LogP contribution in [0.15, 0.2) is 48.5 Å². The summed E-state index contributed by atoms with van der Waals surface area (Å²) in [4.78, 5) is 24.1. The molecule has 2 aromatic heterocycles. The normalized spacial score (nSPS) is 23.2. The molecule has 1 N–H and O–H groups in total. The number of aromatic carboxylic acids is 1. The molecule has 6 heterocycles.